The molecule has 0 spiro atoms. The molecule has 1 aliphatic rings. The summed E-state index contributed by atoms with van der Waals surface area (Å²) < 4.78 is 0. The second-order valence-corrected chi connectivity index (χ2v) is 8.16. The van der Waals surface area contributed by atoms with E-state index in [0.29, 0.717) is 30.6 Å². The summed E-state index contributed by atoms with van der Waals surface area (Å²) in [5.74, 6) is -0.200. The number of carbonyl (C=O) groups excluding carboxylic acids is 3. The lowest BCUT2D eigenvalue weighted by Gasteiger charge is -2.21. The molecule has 1 aliphatic heterocycles. The van der Waals surface area contributed by atoms with Crippen molar-refractivity contribution in [3.05, 3.63) is 59.7 Å². The van der Waals surface area contributed by atoms with E-state index >= 15 is 0 Å². The monoisotopic (exact) mass is 407 g/mol. The maximum atomic E-state index is 13.0. The van der Waals surface area contributed by atoms with Gasteiger partial charge in [0.25, 0.3) is 5.91 Å². The second-order valence-electron chi connectivity index (χ2n) is 8.16. The SMILES string of the molecule is Cc1ccccc1C(=O)N[C@H](CC(C)C)C(=O)Nc1cccc(N2CCCC2=O)c1. The predicted octanol–water partition coefficient (Wildman–Crippen LogP) is 3.91. The molecule has 2 N–H and O–H groups in total. The third-order valence-corrected chi connectivity index (χ3v) is 5.22. The van der Waals surface area contributed by atoms with Crippen LogP contribution in [-0.4, -0.2) is 30.3 Å². The fourth-order valence-corrected chi connectivity index (χ4v) is 3.67. The van der Waals surface area contributed by atoms with Gasteiger partial charge in [0, 0.05) is 29.9 Å². The highest BCUT2D eigenvalue weighted by Crippen LogP contribution is 2.24. The smallest absolute Gasteiger partial charge is 0.252 e. The number of anilines is 2. The van der Waals surface area contributed by atoms with Crippen LogP contribution in [0, 0.1) is 12.8 Å². The highest BCUT2D eigenvalue weighted by atomic mass is 16.2. The molecule has 1 saturated heterocycles. The number of nitrogens with one attached hydrogen (secondary N) is 2. The largest absolute Gasteiger partial charge is 0.340 e. The summed E-state index contributed by atoms with van der Waals surface area (Å²) >= 11 is 0. The second kappa shape index (κ2) is 9.57. The molecule has 0 radical (unpaired) electrons. The van der Waals surface area contributed by atoms with Crippen LogP contribution in [0.25, 0.3) is 0 Å². The van der Waals surface area contributed by atoms with Crippen molar-refractivity contribution >= 4 is 29.1 Å². The van der Waals surface area contributed by atoms with Crippen molar-refractivity contribution in [2.24, 2.45) is 5.92 Å². The Morgan fingerprint density at radius 3 is 2.53 bits per heavy atom. The minimum absolute atomic E-state index is 0.0988. The van der Waals surface area contributed by atoms with E-state index in [1.807, 2.05) is 51.1 Å². The molecule has 2 aromatic carbocycles. The van der Waals surface area contributed by atoms with Crippen molar-refractivity contribution in [3.63, 3.8) is 0 Å². The number of amides is 3. The third kappa shape index (κ3) is 5.26. The number of hydrogen-bond donors (Lipinski definition) is 2. The molecule has 1 atom stereocenters. The van der Waals surface area contributed by atoms with E-state index in [4.69, 9.17) is 0 Å². The molecule has 0 aliphatic carbocycles. The molecule has 2 aromatic rings. The topological polar surface area (TPSA) is 78.5 Å². The number of carbonyl (C=O) groups is 3. The Bertz CT molecular complexity index is 939. The van der Waals surface area contributed by atoms with Gasteiger partial charge in [-0.3, -0.25) is 14.4 Å². The third-order valence-electron chi connectivity index (χ3n) is 5.22. The van der Waals surface area contributed by atoms with Crippen LogP contribution in [0.2, 0.25) is 0 Å². The zero-order chi connectivity index (χ0) is 21.7. The zero-order valence-corrected chi connectivity index (χ0v) is 17.8. The van der Waals surface area contributed by atoms with Crippen LogP contribution in [0.1, 0.15) is 49.0 Å². The average molecular weight is 408 g/mol. The Morgan fingerprint density at radius 1 is 1.10 bits per heavy atom. The van der Waals surface area contributed by atoms with Crippen molar-refractivity contribution in [1.29, 1.82) is 0 Å². The van der Waals surface area contributed by atoms with Gasteiger partial charge >= 0.3 is 0 Å². The summed E-state index contributed by atoms with van der Waals surface area (Å²) in [6, 6.07) is 13.9. The molecule has 30 heavy (non-hydrogen) atoms. The highest BCUT2D eigenvalue weighted by Gasteiger charge is 2.25. The van der Waals surface area contributed by atoms with Gasteiger partial charge in [0.15, 0.2) is 0 Å². The number of nitrogens with zero attached hydrogens (tertiary/aromatic N) is 1. The van der Waals surface area contributed by atoms with Gasteiger partial charge in [-0.1, -0.05) is 38.1 Å². The van der Waals surface area contributed by atoms with Crippen molar-refractivity contribution in [1.82, 2.24) is 5.32 Å². The van der Waals surface area contributed by atoms with Gasteiger partial charge in [-0.15, -0.1) is 0 Å². The molecule has 6 nitrogen and oxygen atoms in total. The molecule has 1 fully saturated rings. The molecule has 1 heterocycles. The van der Waals surface area contributed by atoms with E-state index in [0.717, 1.165) is 17.7 Å². The first-order valence-electron chi connectivity index (χ1n) is 10.4. The first-order chi connectivity index (χ1) is 14.3. The van der Waals surface area contributed by atoms with Gasteiger partial charge in [0.1, 0.15) is 6.04 Å². The van der Waals surface area contributed by atoms with Crippen LogP contribution in [0.4, 0.5) is 11.4 Å². The molecule has 158 valence electrons. The molecular weight excluding hydrogens is 378 g/mol. The summed E-state index contributed by atoms with van der Waals surface area (Å²) in [4.78, 5) is 39.5. The summed E-state index contributed by atoms with van der Waals surface area (Å²) in [6.07, 6.45) is 1.92. The molecule has 0 aromatic heterocycles. The van der Waals surface area contributed by atoms with E-state index in [9.17, 15) is 14.4 Å². The maximum Gasteiger partial charge on any atom is 0.252 e. The van der Waals surface area contributed by atoms with Crippen molar-refractivity contribution in [3.8, 4) is 0 Å². The fourth-order valence-electron chi connectivity index (χ4n) is 3.67. The predicted molar refractivity (Wildman–Crippen MR) is 119 cm³/mol. The minimum atomic E-state index is -0.658. The average Bonchev–Trinajstić information content (AvgIpc) is 3.13. The van der Waals surface area contributed by atoms with E-state index < -0.39 is 6.04 Å². The van der Waals surface area contributed by atoms with Crippen LogP contribution in [0.15, 0.2) is 48.5 Å². The Labute approximate surface area is 177 Å². The lowest BCUT2D eigenvalue weighted by atomic mass is 10.0. The van der Waals surface area contributed by atoms with E-state index in [2.05, 4.69) is 10.6 Å². The first kappa shape index (κ1) is 21.6. The van der Waals surface area contributed by atoms with Crippen LogP contribution in [-0.2, 0) is 9.59 Å². The molecule has 3 amide bonds. The first-order valence-corrected chi connectivity index (χ1v) is 10.4. The molecule has 3 rings (SSSR count). The van der Waals surface area contributed by atoms with Crippen molar-refractivity contribution in [2.75, 3.05) is 16.8 Å². The van der Waals surface area contributed by atoms with Gasteiger partial charge in [0.05, 0.1) is 0 Å². The fraction of sp³-hybridized carbons (Fsp3) is 0.375. The van der Waals surface area contributed by atoms with Crippen LogP contribution in [0.5, 0.6) is 0 Å². The summed E-state index contributed by atoms with van der Waals surface area (Å²) in [7, 11) is 0. The van der Waals surface area contributed by atoms with Gasteiger partial charge in [-0.2, -0.15) is 0 Å². The van der Waals surface area contributed by atoms with Gasteiger partial charge in [0.2, 0.25) is 11.8 Å². The van der Waals surface area contributed by atoms with Gasteiger partial charge in [-0.25, -0.2) is 0 Å². The Hall–Kier alpha value is -3.15. The molecule has 0 unspecified atom stereocenters. The number of aryl methyl sites for hydroxylation is 1. The van der Waals surface area contributed by atoms with E-state index in [1.165, 1.54) is 0 Å². The molecule has 0 bridgehead atoms. The summed E-state index contributed by atoms with van der Waals surface area (Å²) in [6.45, 7) is 6.59. The van der Waals surface area contributed by atoms with Crippen molar-refractivity contribution in [2.45, 2.75) is 46.1 Å². The Morgan fingerprint density at radius 2 is 1.87 bits per heavy atom. The quantitative estimate of drug-likeness (QED) is 0.731. The summed E-state index contributed by atoms with van der Waals surface area (Å²) in [5.41, 5.74) is 2.81. The lowest BCUT2D eigenvalue weighted by molar-refractivity contribution is -0.118. The summed E-state index contributed by atoms with van der Waals surface area (Å²) in [5, 5.41) is 5.79. The van der Waals surface area contributed by atoms with E-state index in [1.54, 1.807) is 23.1 Å². The van der Waals surface area contributed by atoms with Crippen LogP contribution < -0.4 is 15.5 Å². The van der Waals surface area contributed by atoms with Crippen molar-refractivity contribution < 1.29 is 14.4 Å². The van der Waals surface area contributed by atoms with Gasteiger partial charge < -0.3 is 15.5 Å². The van der Waals surface area contributed by atoms with Crippen LogP contribution >= 0.6 is 0 Å². The normalized spacial score (nSPS) is 14.7. The van der Waals surface area contributed by atoms with Crippen LogP contribution in [0.3, 0.4) is 0 Å². The molecule has 0 saturated carbocycles. The Balaban J connectivity index is 1.73. The lowest BCUT2D eigenvalue weighted by Crippen LogP contribution is -2.44. The molecular formula is C24H29N3O3. The van der Waals surface area contributed by atoms with Gasteiger partial charge in [-0.05, 0) is 55.5 Å². The zero-order valence-electron chi connectivity index (χ0n) is 17.8. The Kier molecular flexibility index (Phi) is 6.87. The number of rotatable bonds is 7. The maximum absolute atomic E-state index is 13.0. The highest BCUT2D eigenvalue weighted by molar-refractivity contribution is 6.02. The van der Waals surface area contributed by atoms with E-state index in [-0.39, 0.29) is 23.6 Å². The number of hydrogen-bond acceptors (Lipinski definition) is 3. The minimum Gasteiger partial charge on any atom is -0.340 e. The number of benzene rings is 2. The molecule has 6 heteroatoms. The standard InChI is InChI=1S/C24H29N3O3/c1-16(2)14-21(26-23(29)20-11-5-4-8-17(20)3)24(30)25-18-9-6-10-19(15-18)27-13-7-12-22(27)28/h4-6,8-11,15-16,21H,7,12-14H2,1-3H3,(H,25,30)(H,26,29)/t21-/m1/s1.